The molecule has 2 aliphatic rings. The Morgan fingerprint density at radius 1 is 1.12 bits per heavy atom. The van der Waals surface area contributed by atoms with Gasteiger partial charge in [0.25, 0.3) is 0 Å². The van der Waals surface area contributed by atoms with Crippen LogP contribution in [0.3, 0.4) is 0 Å². The zero-order chi connectivity index (χ0) is 11.4. The van der Waals surface area contributed by atoms with Crippen molar-refractivity contribution < 1.29 is 0 Å². The summed E-state index contributed by atoms with van der Waals surface area (Å²) in [5.41, 5.74) is 0. The molecule has 0 amide bonds. The van der Waals surface area contributed by atoms with Gasteiger partial charge >= 0.3 is 0 Å². The summed E-state index contributed by atoms with van der Waals surface area (Å²) in [6.07, 6.45) is 8.67. The average Bonchev–Trinajstić information content (AvgIpc) is 2.30. The van der Waals surface area contributed by atoms with Crippen molar-refractivity contribution in [1.82, 2.24) is 10.2 Å². The molecule has 16 heavy (non-hydrogen) atoms. The Morgan fingerprint density at radius 2 is 1.94 bits per heavy atom. The Bertz CT molecular complexity index is 203. The molecule has 1 saturated carbocycles. The summed E-state index contributed by atoms with van der Waals surface area (Å²) in [6, 6.07) is 0.897. The third kappa shape index (κ3) is 2.98. The van der Waals surface area contributed by atoms with Crippen molar-refractivity contribution in [2.75, 3.05) is 26.7 Å². The fourth-order valence-corrected chi connectivity index (χ4v) is 3.69. The Morgan fingerprint density at radius 3 is 2.69 bits per heavy atom. The predicted molar refractivity (Wildman–Crippen MR) is 69.6 cm³/mol. The van der Waals surface area contributed by atoms with Gasteiger partial charge in [-0.15, -0.1) is 0 Å². The molecule has 3 atom stereocenters. The second kappa shape index (κ2) is 6.02. The molecule has 1 N–H and O–H groups in total. The molecule has 2 heteroatoms. The van der Waals surface area contributed by atoms with Gasteiger partial charge in [0.05, 0.1) is 0 Å². The van der Waals surface area contributed by atoms with E-state index in [-0.39, 0.29) is 0 Å². The van der Waals surface area contributed by atoms with Gasteiger partial charge in [0.1, 0.15) is 0 Å². The summed E-state index contributed by atoms with van der Waals surface area (Å²) in [6.45, 7) is 6.37. The number of hydrogen-bond acceptors (Lipinski definition) is 2. The summed E-state index contributed by atoms with van der Waals surface area (Å²) in [7, 11) is 2.09. The van der Waals surface area contributed by atoms with E-state index in [0.29, 0.717) is 0 Å². The van der Waals surface area contributed by atoms with Crippen molar-refractivity contribution in [1.29, 1.82) is 0 Å². The minimum Gasteiger partial charge on any atom is -0.319 e. The predicted octanol–water partition coefficient (Wildman–Crippen LogP) is 2.50. The maximum absolute atomic E-state index is 3.35. The lowest BCUT2D eigenvalue weighted by atomic mass is 9.83. The lowest BCUT2D eigenvalue weighted by molar-refractivity contribution is 0.0679. The van der Waals surface area contributed by atoms with Crippen molar-refractivity contribution in [2.45, 2.75) is 51.5 Å². The fourth-order valence-electron chi connectivity index (χ4n) is 3.69. The SMILES string of the molecule is CNCC1CCCN(C2CCCCC2C)C1. The standard InChI is InChI=1S/C14H28N2/c1-12-6-3-4-8-14(12)16-9-5-7-13(11-16)10-15-2/h12-15H,3-11H2,1-2H3. The molecular weight excluding hydrogens is 196 g/mol. The number of piperidine rings is 1. The van der Waals surface area contributed by atoms with Crippen molar-refractivity contribution in [3.05, 3.63) is 0 Å². The zero-order valence-corrected chi connectivity index (χ0v) is 11.0. The lowest BCUT2D eigenvalue weighted by Crippen LogP contribution is -2.48. The molecule has 0 aromatic rings. The quantitative estimate of drug-likeness (QED) is 0.792. The molecule has 94 valence electrons. The van der Waals surface area contributed by atoms with E-state index in [1.165, 1.54) is 58.2 Å². The van der Waals surface area contributed by atoms with Crippen LogP contribution in [-0.4, -0.2) is 37.6 Å². The van der Waals surface area contributed by atoms with Crippen molar-refractivity contribution in [3.63, 3.8) is 0 Å². The molecule has 1 heterocycles. The highest BCUT2D eigenvalue weighted by Gasteiger charge is 2.30. The first-order valence-corrected chi connectivity index (χ1v) is 7.20. The number of hydrogen-bond donors (Lipinski definition) is 1. The van der Waals surface area contributed by atoms with E-state index in [2.05, 4.69) is 24.2 Å². The summed E-state index contributed by atoms with van der Waals surface area (Å²) in [5, 5.41) is 3.35. The smallest absolute Gasteiger partial charge is 0.0121 e. The highest BCUT2D eigenvalue weighted by Crippen LogP contribution is 2.30. The monoisotopic (exact) mass is 224 g/mol. The Balaban J connectivity index is 1.87. The second-order valence-electron chi connectivity index (χ2n) is 5.89. The maximum atomic E-state index is 3.35. The first kappa shape index (κ1) is 12.4. The molecule has 0 spiro atoms. The first-order valence-electron chi connectivity index (χ1n) is 7.20. The van der Waals surface area contributed by atoms with Crippen LogP contribution in [0.2, 0.25) is 0 Å². The summed E-state index contributed by atoms with van der Waals surface area (Å²) in [4.78, 5) is 2.80. The van der Waals surface area contributed by atoms with Crippen molar-refractivity contribution in [2.24, 2.45) is 11.8 Å². The van der Waals surface area contributed by atoms with E-state index in [0.717, 1.165) is 17.9 Å². The number of likely N-dealkylation sites (tertiary alicyclic amines) is 1. The highest BCUT2D eigenvalue weighted by atomic mass is 15.2. The van der Waals surface area contributed by atoms with Gasteiger partial charge < -0.3 is 5.32 Å². The van der Waals surface area contributed by atoms with Crippen LogP contribution in [0.5, 0.6) is 0 Å². The largest absolute Gasteiger partial charge is 0.319 e. The first-order chi connectivity index (χ1) is 7.81. The molecule has 1 saturated heterocycles. The van der Waals surface area contributed by atoms with E-state index in [1.807, 2.05) is 0 Å². The summed E-state index contributed by atoms with van der Waals surface area (Å²) in [5.74, 6) is 1.83. The molecule has 0 aromatic heterocycles. The van der Waals surface area contributed by atoms with E-state index in [4.69, 9.17) is 0 Å². The van der Waals surface area contributed by atoms with Crippen molar-refractivity contribution >= 4 is 0 Å². The van der Waals surface area contributed by atoms with E-state index >= 15 is 0 Å². The molecular formula is C14H28N2. The van der Waals surface area contributed by atoms with Gasteiger partial charge in [-0.2, -0.15) is 0 Å². The normalized spacial score (nSPS) is 37.5. The van der Waals surface area contributed by atoms with Crippen LogP contribution in [-0.2, 0) is 0 Å². The van der Waals surface area contributed by atoms with E-state index in [1.54, 1.807) is 0 Å². The summed E-state index contributed by atoms with van der Waals surface area (Å²) >= 11 is 0. The van der Waals surface area contributed by atoms with Gasteiger partial charge in [0.15, 0.2) is 0 Å². The number of rotatable bonds is 3. The van der Waals surface area contributed by atoms with Crippen LogP contribution in [0, 0.1) is 11.8 Å². The van der Waals surface area contributed by atoms with Gasteiger partial charge in [-0.05, 0) is 57.7 Å². The minimum absolute atomic E-state index is 0.896. The summed E-state index contributed by atoms with van der Waals surface area (Å²) < 4.78 is 0. The van der Waals surface area contributed by atoms with Crippen LogP contribution >= 0.6 is 0 Å². The van der Waals surface area contributed by atoms with Gasteiger partial charge in [0, 0.05) is 12.6 Å². The number of nitrogens with zero attached hydrogens (tertiary/aromatic N) is 1. The van der Waals surface area contributed by atoms with Gasteiger partial charge in [-0.1, -0.05) is 19.8 Å². The Kier molecular flexibility index (Phi) is 4.66. The topological polar surface area (TPSA) is 15.3 Å². The molecule has 2 fully saturated rings. The fraction of sp³-hybridized carbons (Fsp3) is 1.00. The van der Waals surface area contributed by atoms with Crippen LogP contribution in [0.15, 0.2) is 0 Å². The van der Waals surface area contributed by atoms with Crippen LogP contribution in [0.4, 0.5) is 0 Å². The van der Waals surface area contributed by atoms with Crippen LogP contribution in [0.25, 0.3) is 0 Å². The average molecular weight is 224 g/mol. The molecule has 3 unspecified atom stereocenters. The Hall–Kier alpha value is -0.0800. The van der Waals surface area contributed by atoms with Crippen LogP contribution < -0.4 is 5.32 Å². The molecule has 0 radical (unpaired) electrons. The zero-order valence-electron chi connectivity index (χ0n) is 11.0. The van der Waals surface area contributed by atoms with E-state index in [9.17, 15) is 0 Å². The third-order valence-electron chi connectivity index (χ3n) is 4.58. The lowest BCUT2D eigenvalue weighted by Gasteiger charge is -2.43. The highest BCUT2D eigenvalue weighted by molar-refractivity contribution is 4.85. The molecule has 0 aromatic carbocycles. The molecule has 1 aliphatic heterocycles. The van der Waals surface area contributed by atoms with Gasteiger partial charge in [0.2, 0.25) is 0 Å². The Labute approximate surface area is 101 Å². The van der Waals surface area contributed by atoms with Gasteiger partial charge in [-0.3, -0.25) is 4.90 Å². The van der Waals surface area contributed by atoms with Crippen molar-refractivity contribution in [3.8, 4) is 0 Å². The third-order valence-corrected chi connectivity index (χ3v) is 4.58. The maximum Gasteiger partial charge on any atom is 0.0121 e. The molecule has 2 nitrogen and oxygen atoms in total. The van der Waals surface area contributed by atoms with Gasteiger partial charge in [-0.25, -0.2) is 0 Å². The minimum atomic E-state index is 0.896. The molecule has 2 rings (SSSR count). The number of nitrogens with one attached hydrogen (secondary N) is 1. The molecule has 1 aliphatic carbocycles. The van der Waals surface area contributed by atoms with Crippen LogP contribution in [0.1, 0.15) is 45.4 Å². The second-order valence-corrected chi connectivity index (χ2v) is 5.89. The molecule has 0 bridgehead atoms. The van der Waals surface area contributed by atoms with E-state index < -0.39 is 0 Å².